The van der Waals surface area contributed by atoms with E-state index < -0.39 is 0 Å². The van der Waals surface area contributed by atoms with Gasteiger partial charge in [0.25, 0.3) is 0 Å². The van der Waals surface area contributed by atoms with Crippen LogP contribution in [0.15, 0.2) is 24.4 Å². The first-order chi connectivity index (χ1) is 11.1. The highest BCUT2D eigenvalue weighted by molar-refractivity contribution is 5.73. The van der Waals surface area contributed by atoms with Gasteiger partial charge in [-0.05, 0) is 49.8 Å². The van der Waals surface area contributed by atoms with E-state index in [4.69, 9.17) is 0 Å². The number of carbonyl (C=O) groups is 1. The molecule has 1 aliphatic rings. The van der Waals surface area contributed by atoms with Gasteiger partial charge in [0.05, 0.1) is 12.2 Å². The molecule has 0 radical (unpaired) electrons. The summed E-state index contributed by atoms with van der Waals surface area (Å²) < 4.78 is 0. The zero-order chi connectivity index (χ0) is 16.5. The Morgan fingerprint density at radius 1 is 1.22 bits per heavy atom. The zero-order valence-electron chi connectivity index (χ0n) is 14.4. The van der Waals surface area contributed by atoms with Crippen molar-refractivity contribution in [1.29, 1.82) is 0 Å². The van der Waals surface area contributed by atoms with Crippen LogP contribution in [0.2, 0.25) is 0 Å². The largest absolute Gasteiger partial charge is 0.338 e. The van der Waals surface area contributed by atoms with Crippen LogP contribution in [-0.4, -0.2) is 42.1 Å². The molecule has 128 valence electrons. The number of piperidine rings is 1. The van der Waals surface area contributed by atoms with E-state index in [2.05, 4.69) is 34.4 Å². The fourth-order valence-electron chi connectivity index (χ4n) is 3.37. The molecule has 2 heterocycles. The predicted molar refractivity (Wildman–Crippen MR) is 93.1 cm³/mol. The summed E-state index contributed by atoms with van der Waals surface area (Å²) >= 11 is 0. The van der Waals surface area contributed by atoms with Gasteiger partial charge in [-0.3, -0.25) is 4.98 Å². The van der Waals surface area contributed by atoms with Gasteiger partial charge in [0, 0.05) is 25.8 Å². The maximum absolute atomic E-state index is 11.7. The Labute approximate surface area is 139 Å². The molecule has 0 spiro atoms. The summed E-state index contributed by atoms with van der Waals surface area (Å²) in [5, 5.41) is 5.74. The molecule has 23 heavy (non-hydrogen) atoms. The Hall–Kier alpha value is -1.62. The van der Waals surface area contributed by atoms with Crippen LogP contribution in [0.25, 0.3) is 0 Å². The third-order valence-electron chi connectivity index (χ3n) is 4.29. The quantitative estimate of drug-likeness (QED) is 0.760. The van der Waals surface area contributed by atoms with Gasteiger partial charge in [-0.15, -0.1) is 0 Å². The van der Waals surface area contributed by atoms with Crippen LogP contribution in [0.5, 0.6) is 0 Å². The van der Waals surface area contributed by atoms with Crippen molar-refractivity contribution in [3.8, 4) is 0 Å². The molecule has 0 bridgehead atoms. The molecule has 1 aromatic rings. The molecule has 1 fully saturated rings. The molecule has 5 heteroatoms. The standard InChI is InChI=1S/C18H30N4O/c1-15-11-16(2)14-22(13-15)10-6-5-9-20-18(23)21-12-17-7-3-4-8-19-17/h3-4,7-8,15-16H,5-6,9-14H2,1-2H3,(H2,20,21,23). The average molecular weight is 318 g/mol. The third kappa shape index (κ3) is 6.99. The minimum absolute atomic E-state index is 0.115. The molecule has 1 aliphatic heterocycles. The molecule has 2 N–H and O–H groups in total. The lowest BCUT2D eigenvalue weighted by atomic mass is 9.92. The second-order valence-corrected chi connectivity index (χ2v) is 6.84. The number of likely N-dealkylation sites (tertiary alicyclic amines) is 1. The number of urea groups is 1. The molecular weight excluding hydrogens is 288 g/mol. The summed E-state index contributed by atoms with van der Waals surface area (Å²) in [7, 11) is 0. The Morgan fingerprint density at radius 2 is 2.00 bits per heavy atom. The zero-order valence-corrected chi connectivity index (χ0v) is 14.4. The monoisotopic (exact) mass is 318 g/mol. The second kappa shape index (κ2) is 9.50. The number of hydrogen-bond acceptors (Lipinski definition) is 3. The van der Waals surface area contributed by atoms with Crippen molar-refractivity contribution in [3.05, 3.63) is 30.1 Å². The van der Waals surface area contributed by atoms with Crippen LogP contribution < -0.4 is 10.6 Å². The summed E-state index contributed by atoms with van der Waals surface area (Å²) in [4.78, 5) is 18.5. The van der Waals surface area contributed by atoms with Crippen LogP contribution in [0.1, 0.15) is 38.8 Å². The fraction of sp³-hybridized carbons (Fsp3) is 0.667. The topological polar surface area (TPSA) is 57.3 Å². The SMILES string of the molecule is CC1CC(C)CN(CCCCNC(=O)NCc2ccccn2)C1. The summed E-state index contributed by atoms with van der Waals surface area (Å²) in [6.45, 7) is 9.48. The highest BCUT2D eigenvalue weighted by atomic mass is 16.2. The molecule has 2 unspecified atom stereocenters. The van der Waals surface area contributed by atoms with Crippen molar-refractivity contribution in [2.24, 2.45) is 11.8 Å². The number of rotatable bonds is 7. The van der Waals surface area contributed by atoms with Gasteiger partial charge in [-0.2, -0.15) is 0 Å². The van der Waals surface area contributed by atoms with Crippen molar-refractivity contribution in [2.45, 2.75) is 39.7 Å². The minimum Gasteiger partial charge on any atom is -0.338 e. The number of carbonyl (C=O) groups excluding carboxylic acids is 1. The third-order valence-corrected chi connectivity index (χ3v) is 4.29. The molecule has 0 aromatic carbocycles. The van der Waals surface area contributed by atoms with Crippen LogP contribution in [0.3, 0.4) is 0 Å². The van der Waals surface area contributed by atoms with Gasteiger partial charge in [0.15, 0.2) is 0 Å². The van der Waals surface area contributed by atoms with Gasteiger partial charge in [-0.1, -0.05) is 19.9 Å². The summed E-state index contributed by atoms with van der Waals surface area (Å²) in [5.41, 5.74) is 0.871. The number of nitrogens with zero attached hydrogens (tertiary/aromatic N) is 2. The highest BCUT2D eigenvalue weighted by Crippen LogP contribution is 2.20. The highest BCUT2D eigenvalue weighted by Gasteiger charge is 2.20. The molecule has 0 saturated carbocycles. The van der Waals surface area contributed by atoms with Crippen LogP contribution >= 0.6 is 0 Å². The average Bonchev–Trinajstić information content (AvgIpc) is 2.53. The molecule has 0 aliphatic carbocycles. The van der Waals surface area contributed by atoms with Crippen molar-refractivity contribution in [1.82, 2.24) is 20.5 Å². The first kappa shape index (κ1) is 17.7. The summed E-state index contributed by atoms with van der Waals surface area (Å²) in [6, 6.07) is 5.58. The molecule has 1 aromatic heterocycles. The van der Waals surface area contributed by atoms with Gasteiger partial charge >= 0.3 is 6.03 Å². The number of unbranched alkanes of at least 4 members (excludes halogenated alkanes) is 1. The molecule has 5 nitrogen and oxygen atoms in total. The van der Waals surface area contributed by atoms with E-state index in [9.17, 15) is 4.79 Å². The first-order valence-corrected chi connectivity index (χ1v) is 8.77. The smallest absolute Gasteiger partial charge is 0.315 e. The Morgan fingerprint density at radius 3 is 2.70 bits per heavy atom. The number of hydrogen-bond donors (Lipinski definition) is 2. The molecule has 2 amide bonds. The van der Waals surface area contributed by atoms with Crippen LogP contribution in [-0.2, 0) is 6.54 Å². The maximum Gasteiger partial charge on any atom is 0.315 e. The lowest BCUT2D eigenvalue weighted by Crippen LogP contribution is -2.39. The van der Waals surface area contributed by atoms with Gasteiger partial charge in [0.1, 0.15) is 0 Å². The number of nitrogens with one attached hydrogen (secondary N) is 2. The summed E-state index contributed by atoms with van der Waals surface area (Å²) in [5.74, 6) is 1.63. The van der Waals surface area contributed by atoms with Crippen LogP contribution in [0.4, 0.5) is 4.79 Å². The van der Waals surface area contributed by atoms with E-state index >= 15 is 0 Å². The first-order valence-electron chi connectivity index (χ1n) is 8.77. The Kier molecular flexibility index (Phi) is 7.33. The van der Waals surface area contributed by atoms with E-state index in [0.717, 1.165) is 43.5 Å². The van der Waals surface area contributed by atoms with E-state index in [1.165, 1.54) is 19.5 Å². The Balaban J connectivity index is 1.51. The van der Waals surface area contributed by atoms with Crippen LogP contribution in [0, 0.1) is 11.8 Å². The van der Waals surface area contributed by atoms with E-state index in [1.54, 1.807) is 6.20 Å². The lowest BCUT2D eigenvalue weighted by Gasteiger charge is -2.34. The normalized spacial score (nSPS) is 21.8. The molecule has 2 rings (SSSR count). The van der Waals surface area contributed by atoms with Gasteiger partial charge in [-0.25, -0.2) is 4.79 Å². The molecule has 1 saturated heterocycles. The Bertz CT molecular complexity index is 455. The summed E-state index contributed by atoms with van der Waals surface area (Å²) in [6.07, 6.45) is 5.25. The minimum atomic E-state index is -0.115. The van der Waals surface area contributed by atoms with E-state index in [-0.39, 0.29) is 6.03 Å². The van der Waals surface area contributed by atoms with E-state index in [1.807, 2.05) is 18.2 Å². The van der Waals surface area contributed by atoms with Gasteiger partial charge < -0.3 is 15.5 Å². The number of amides is 2. The maximum atomic E-state index is 11.7. The lowest BCUT2D eigenvalue weighted by molar-refractivity contribution is 0.139. The number of pyridine rings is 1. The fourth-order valence-corrected chi connectivity index (χ4v) is 3.37. The molecular formula is C18H30N4O. The van der Waals surface area contributed by atoms with Crippen molar-refractivity contribution in [3.63, 3.8) is 0 Å². The number of aromatic nitrogens is 1. The van der Waals surface area contributed by atoms with E-state index in [0.29, 0.717) is 6.54 Å². The predicted octanol–water partition coefficient (Wildman–Crippen LogP) is 2.64. The van der Waals surface area contributed by atoms with Crippen molar-refractivity contribution < 1.29 is 4.79 Å². The van der Waals surface area contributed by atoms with Crippen molar-refractivity contribution >= 4 is 6.03 Å². The second-order valence-electron chi connectivity index (χ2n) is 6.84. The van der Waals surface area contributed by atoms with Crippen molar-refractivity contribution in [2.75, 3.05) is 26.2 Å². The van der Waals surface area contributed by atoms with Gasteiger partial charge in [0.2, 0.25) is 0 Å². The molecule has 2 atom stereocenters.